The summed E-state index contributed by atoms with van der Waals surface area (Å²) in [6.07, 6.45) is 0.867. The second kappa shape index (κ2) is 7.00. The summed E-state index contributed by atoms with van der Waals surface area (Å²) in [5.74, 6) is 0.177. The van der Waals surface area contributed by atoms with Crippen LogP contribution in [0.4, 0.5) is 4.39 Å². The predicted molar refractivity (Wildman–Crippen MR) is 85.5 cm³/mol. The third-order valence-electron chi connectivity index (χ3n) is 3.74. The van der Waals surface area contributed by atoms with Crippen molar-refractivity contribution in [3.8, 4) is 0 Å². The molecule has 2 aromatic rings. The van der Waals surface area contributed by atoms with E-state index in [0.717, 1.165) is 12.0 Å². The van der Waals surface area contributed by atoms with Gasteiger partial charge in [-0.3, -0.25) is 0 Å². The molecule has 2 unspecified atom stereocenters. The molecule has 0 amide bonds. The van der Waals surface area contributed by atoms with E-state index in [1.165, 1.54) is 11.6 Å². The molecule has 0 aromatic heterocycles. The van der Waals surface area contributed by atoms with E-state index in [0.29, 0.717) is 16.4 Å². The number of hydrogen-bond donors (Lipinski definition) is 1. The summed E-state index contributed by atoms with van der Waals surface area (Å²) in [5.41, 5.74) is 2.44. The number of halogens is 2. The Morgan fingerprint density at radius 2 is 1.85 bits per heavy atom. The second-order valence-corrected chi connectivity index (χ2v) is 5.90. The summed E-state index contributed by atoms with van der Waals surface area (Å²) < 4.78 is 13.8. The largest absolute Gasteiger partial charge is 0.316 e. The first kappa shape index (κ1) is 15.2. The number of hydrogen-bond acceptors (Lipinski definition) is 1. The smallest absolute Gasteiger partial charge is 0.137 e. The molecule has 0 fully saturated rings. The first-order valence-electron chi connectivity index (χ1n) is 6.78. The zero-order valence-electron chi connectivity index (χ0n) is 11.7. The van der Waals surface area contributed by atoms with Gasteiger partial charge >= 0.3 is 0 Å². The van der Waals surface area contributed by atoms with Crippen molar-refractivity contribution in [1.82, 2.24) is 5.32 Å². The summed E-state index contributed by atoms with van der Waals surface area (Å²) in [6, 6.07) is 16.0. The summed E-state index contributed by atoms with van der Waals surface area (Å²) in [5, 5.41) is 3.37. The van der Waals surface area contributed by atoms with E-state index in [-0.39, 0.29) is 5.82 Å². The van der Waals surface area contributed by atoms with Crippen LogP contribution in [0.15, 0.2) is 53.0 Å². The minimum Gasteiger partial charge on any atom is -0.316 e. The van der Waals surface area contributed by atoms with Crippen LogP contribution >= 0.6 is 15.9 Å². The maximum atomic E-state index is 13.3. The van der Waals surface area contributed by atoms with E-state index in [2.05, 4.69) is 52.4 Å². The van der Waals surface area contributed by atoms with Crippen LogP contribution in [-0.2, 0) is 6.42 Å². The average Bonchev–Trinajstić information content (AvgIpc) is 2.48. The minimum absolute atomic E-state index is 0.217. The molecule has 0 bridgehead atoms. The summed E-state index contributed by atoms with van der Waals surface area (Å²) in [6.45, 7) is 2.22. The summed E-state index contributed by atoms with van der Waals surface area (Å²) in [4.78, 5) is 0. The number of nitrogens with one attached hydrogen (secondary N) is 1. The molecular weight excluding hydrogens is 317 g/mol. The van der Waals surface area contributed by atoms with Crippen molar-refractivity contribution in [2.75, 3.05) is 7.05 Å². The molecule has 2 rings (SSSR count). The molecule has 0 aliphatic rings. The average molecular weight is 336 g/mol. The number of benzene rings is 2. The van der Waals surface area contributed by atoms with E-state index >= 15 is 0 Å². The van der Waals surface area contributed by atoms with Crippen molar-refractivity contribution in [3.63, 3.8) is 0 Å². The van der Waals surface area contributed by atoms with E-state index in [1.807, 2.05) is 25.2 Å². The normalized spacial score (nSPS) is 14.0. The van der Waals surface area contributed by atoms with Crippen molar-refractivity contribution in [3.05, 3.63) is 69.9 Å². The number of likely N-dealkylation sites (N-methyl/N-ethyl adjacent to an activating group) is 1. The lowest BCUT2D eigenvalue weighted by Crippen LogP contribution is -2.32. The molecule has 20 heavy (non-hydrogen) atoms. The standard InChI is InChI=1S/C17H19BrFN/c1-12(14-6-4-3-5-7-14)17(20-2)11-13-8-9-16(19)15(18)10-13/h3-10,12,17,20H,11H2,1-2H3. The van der Waals surface area contributed by atoms with Crippen molar-refractivity contribution < 1.29 is 4.39 Å². The van der Waals surface area contributed by atoms with Crippen molar-refractivity contribution in [2.45, 2.75) is 25.3 Å². The molecule has 0 spiro atoms. The Morgan fingerprint density at radius 1 is 1.15 bits per heavy atom. The van der Waals surface area contributed by atoms with Crippen LogP contribution in [0.2, 0.25) is 0 Å². The van der Waals surface area contributed by atoms with Crippen LogP contribution in [0.3, 0.4) is 0 Å². The molecule has 0 aliphatic carbocycles. The van der Waals surface area contributed by atoms with Gasteiger partial charge in [0.15, 0.2) is 0 Å². The Morgan fingerprint density at radius 3 is 2.45 bits per heavy atom. The van der Waals surface area contributed by atoms with Gasteiger partial charge in [-0.25, -0.2) is 4.39 Å². The lowest BCUT2D eigenvalue weighted by Gasteiger charge is -2.24. The lowest BCUT2D eigenvalue weighted by molar-refractivity contribution is 0.482. The van der Waals surface area contributed by atoms with Gasteiger partial charge in [-0.1, -0.05) is 43.3 Å². The summed E-state index contributed by atoms with van der Waals surface area (Å²) in [7, 11) is 1.97. The fourth-order valence-electron chi connectivity index (χ4n) is 2.44. The highest BCUT2D eigenvalue weighted by molar-refractivity contribution is 9.10. The first-order valence-corrected chi connectivity index (χ1v) is 7.57. The predicted octanol–water partition coefficient (Wildman–Crippen LogP) is 4.52. The molecule has 3 heteroatoms. The van der Waals surface area contributed by atoms with Gasteiger partial charge in [0.25, 0.3) is 0 Å². The van der Waals surface area contributed by atoms with Gasteiger partial charge in [-0.2, -0.15) is 0 Å². The van der Waals surface area contributed by atoms with E-state index < -0.39 is 0 Å². The van der Waals surface area contributed by atoms with E-state index in [1.54, 1.807) is 0 Å². The maximum Gasteiger partial charge on any atom is 0.137 e. The molecular formula is C17H19BrFN. The molecule has 1 N–H and O–H groups in total. The molecule has 2 aromatic carbocycles. The van der Waals surface area contributed by atoms with Gasteiger partial charge in [-0.15, -0.1) is 0 Å². The molecule has 2 atom stereocenters. The van der Waals surface area contributed by atoms with Gasteiger partial charge in [0.2, 0.25) is 0 Å². The van der Waals surface area contributed by atoms with Crippen LogP contribution in [0.5, 0.6) is 0 Å². The third kappa shape index (κ3) is 3.68. The van der Waals surface area contributed by atoms with Crippen molar-refractivity contribution >= 4 is 15.9 Å². The molecule has 0 aliphatic heterocycles. The zero-order valence-corrected chi connectivity index (χ0v) is 13.3. The fraction of sp³-hybridized carbons (Fsp3) is 0.294. The van der Waals surface area contributed by atoms with Crippen LogP contribution in [0.25, 0.3) is 0 Å². The van der Waals surface area contributed by atoms with Crippen molar-refractivity contribution in [1.29, 1.82) is 0 Å². The topological polar surface area (TPSA) is 12.0 Å². The van der Waals surface area contributed by atoms with Gasteiger partial charge in [-0.05, 0) is 58.6 Å². The lowest BCUT2D eigenvalue weighted by atomic mass is 9.89. The highest BCUT2D eigenvalue weighted by Gasteiger charge is 2.18. The molecule has 0 saturated heterocycles. The highest BCUT2D eigenvalue weighted by atomic mass is 79.9. The highest BCUT2D eigenvalue weighted by Crippen LogP contribution is 2.23. The quantitative estimate of drug-likeness (QED) is 0.846. The van der Waals surface area contributed by atoms with Gasteiger partial charge in [0, 0.05) is 6.04 Å². The minimum atomic E-state index is -0.217. The monoisotopic (exact) mass is 335 g/mol. The van der Waals surface area contributed by atoms with Gasteiger partial charge < -0.3 is 5.32 Å². The van der Waals surface area contributed by atoms with E-state index in [4.69, 9.17) is 0 Å². The third-order valence-corrected chi connectivity index (χ3v) is 4.35. The first-order chi connectivity index (χ1) is 9.61. The van der Waals surface area contributed by atoms with Crippen LogP contribution < -0.4 is 5.32 Å². The van der Waals surface area contributed by atoms with Crippen LogP contribution in [-0.4, -0.2) is 13.1 Å². The molecule has 1 nitrogen and oxygen atoms in total. The molecule has 0 heterocycles. The van der Waals surface area contributed by atoms with Gasteiger partial charge in [0.1, 0.15) is 5.82 Å². The summed E-state index contributed by atoms with van der Waals surface area (Å²) >= 11 is 3.24. The Hall–Kier alpha value is -1.19. The van der Waals surface area contributed by atoms with E-state index in [9.17, 15) is 4.39 Å². The Kier molecular flexibility index (Phi) is 5.32. The van der Waals surface area contributed by atoms with Crippen LogP contribution in [0.1, 0.15) is 24.0 Å². The Balaban J connectivity index is 2.14. The maximum absolute atomic E-state index is 13.3. The molecule has 0 saturated carbocycles. The van der Waals surface area contributed by atoms with Gasteiger partial charge in [0.05, 0.1) is 4.47 Å². The fourth-order valence-corrected chi connectivity index (χ4v) is 2.86. The number of rotatable bonds is 5. The SMILES string of the molecule is CNC(Cc1ccc(F)c(Br)c1)C(C)c1ccccc1. The molecule has 106 valence electrons. The molecule has 0 radical (unpaired) electrons. The zero-order chi connectivity index (χ0) is 14.5. The van der Waals surface area contributed by atoms with Crippen LogP contribution in [0, 0.1) is 5.82 Å². The Bertz CT molecular complexity index is 556. The second-order valence-electron chi connectivity index (χ2n) is 5.05. The Labute approximate surface area is 128 Å². The van der Waals surface area contributed by atoms with Crippen molar-refractivity contribution in [2.24, 2.45) is 0 Å².